The smallest absolute Gasteiger partial charge is 0.320 e. The molecule has 1 unspecified atom stereocenters. The van der Waals surface area contributed by atoms with E-state index >= 15 is 0 Å². The van der Waals surface area contributed by atoms with Gasteiger partial charge in [0.2, 0.25) is 11.8 Å². The van der Waals surface area contributed by atoms with Gasteiger partial charge in [0.25, 0.3) is 0 Å². The molecule has 48 heavy (non-hydrogen) atoms. The number of aromatic nitrogens is 2. The summed E-state index contributed by atoms with van der Waals surface area (Å²) in [7, 11) is 0. The van der Waals surface area contributed by atoms with Crippen LogP contribution in [0.5, 0.6) is 0 Å². The number of aromatic amines is 1. The largest absolute Gasteiger partial charge is 0.343 e. The molecule has 3 aromatic carbocycles. The molecular weight excluding hydrogens is 602 g/mol. The molecule has 10 nitrogen and oxygen atoms in total. The SMILES string of the molecule is CCCC(=O)NC(C(=O)Nc1ccccc1CC[C@H]1CCC[C@@H](CNC(=O)Nc2cc[nH]n2)NC1)C(c1ccccc1)c1ccccc1. The summed E-state index contributed by atoms with van der Waals surface area (Å²) in [6, 6.07) is 28.6. The van der Waals surface area contributed by atoms with E-state index in [1.807, 2.05) is 85.8 Å². The van der Waals surface area contributed by atoms with E-state index in [4.69, 9.17) is 0 Å². The van der Waals surface area contributed by atoms with Gasteiger partial charge in [-0.15, -0.1) is 0 Å². The van der Waals surface area contributed by atoms with Crippen molar-refractivity contribution in [2.24, 2.45) is 5.92 Å². The van der Waals surface area contributed by atoms with Crippen LogP contribution >= 0.6 is 0 Å². The van der Waals surface area contributed by atoms with Crippen LogP contribution < -0.4 is 26.6 Å². The number of para-hydroxylation sites is 1. The van der Waals surface area contributed by atoms with Crippen molar-refractivity contribution in [2.75, 3.05) is 23.7 Å². The molecule has 10 heteroatoms. The number of carbonyl (C=O) groups is 3. The molecule has 0 bridgehead atoms. The third-order valence-corrected chi connectivity index (χ3v) is 8.94. The molecule has 1 aliphatic heterocycles. The van der Waals surface area contributed by atoms with Gasteiger partial charge in [-0.1, -0.05) is 92.2 Å². The molecule has 1 aromatic heterocycles. The number of aryl methyl sites for hydroxylation is 1. The summed E-state index contributed by atoms with van der Waals surface area (Å²) >= 11 is 0. The number of nitrogens with one attached hydrogen (secondary N) is 6. The number of hydrogen-bond donors (Lipinski definition) is 6. The van der Waals surface area contributed by atoms with Gasteiger partial charge >= 0.3 is 6.03 Å². The van der Waals surface area contributed by atoms with Crippen molar-refractivity contribution in [3.05, 3.63) is 114 Å². The number of rotatable bonds is 14. The molecule has 4 aromatic rings. The first-order valence-electron chi connectivity index (χ1n) is 17.1. The van der Waals surface area contributed by atoms with Gasteiger partial charge in [-0.25, -0.2) is 4.79 Å². The highest BCUT2D eigenvalue weighted by molar-refractivity contribution is 5.99. The molecule has 1 aliphatic rings. The van der Waals surface area contributed by atoms with Gasteiger partial charge in [-0.2, -0.15) is 5.10 Å². The predicted octanol–water partition coefficient (Wildman–Crippen LogP) is 5.98. The second-order valence-electron chi connectivity index (χ2n) is 12.5. The molecule has 1 saturated heterocycles. The van der Waals surface area contributed by atoms with Crippen LogP contribution in [0.15, 0.2) is 97.2 Å². The minimum absolute atomic E-state index is 0.143. The van der Waals surface area contributed by atoms with Gasteiger partial charge in [-0.3, -0.25) is 20.0 Å². The van der Waals surface area contributed by atoms with E-state index in [2.05, 4.69) is 42.8 Å². The van der Waals surface area contributed by atoms with E-state index in [0.29, 0.717) is 31.1 Å². The Morgan fingerprint density at radius 2 is 1.58 bits per heavy atom. The highest BCUT2D eigenvalue weighted by Crippen LogP contribution is 2.30. The van der Waals surface area contributed by atoms with E-state index in [0.717, 1.165) is 61.0 Å². The molecule has 6 N–H and O–H groups in total. The van der Waals surface area contributed by atoms with Crippen molar-refractivity contribution < 1.29 is 14.4 Å². The van der Waals surface area contributed by atoms with Crippen molar-refractivity contribution in [3.8, 4) is 0 Å². The van der Waals surface area contributed by atoms with E-state index in [-0.39, 0.29) is 29.8 Å². The van der Waals surface area contributed by atoms with Crippen LogP contribution in [0, 0.1) is 5.92 Å². The van der Waals surface area contributed by atoms with Gasteiger partial charge in [-0.05, 0) is 67.3 Å². The van der Waals surface area contributed by atoms with Crippen LogP contribution in [0.1, 0.15) is 68.1 Å². The topological polar surface area (TPSA) is 140 Å². The average Bonchev–Trinajstić information content (AvgIpc) is 3.51. The number of carbonyl (C=O) groups excluding carboxylic acids is 3. The van der Waals surface area contributed by atoms with Crippen molar-refractivity contribution >= 4 is 29.4 Å². The number of benzene rings is 3. The number of nitrogens with zero attached hydrogens (tertiary/aromatic N) is 1. The first kappa shape index (κ1) is 34.4. The Hall–Kier alpha value is -4.96. The minimum Gasteiger partial charge on any atom is -0.343 e. The molecule has 1 fully saturated rings. The molecule has 5 rings (SSSR count). The Bertz CT molecular complexity index is 1540. The number of anilines is 2. The fourth-order valence-corrected chi connectivity index (χ4v) is 6.42. The van der Waals surface area contributed by atoms with Crippen molar-refractivity contribution in [2.45, 2.75) is 69.9 Å². The number of hydrogen-bond acceptors (Lipinski definition) is 5. The summed E-state index contributed by atoms with van der Waals surface area (Å²) in [6.07, 6.45) is 7.63. The second kappa shape index (κ2) is 17.8. The minimum atomic E-state index is -0.806. The Labute approximate surface area is 282 Å². The van der Waals surface area contributed by atoms with Crippen molar-refractivity contribution in [1.29, 1.82) is 0 Å². The van der Waals surface area contributed by atoms with Gasteiger partial charge in [0.1, 0.15) is 6.04 Å². The fourth-order valence-electron chi connectivity index (χ4n) is 6.42. The van der Waals surface area contributed by atoms with E-state index < -0.39 is 6.04 Å². The normalized spacial score (nSPS) is 16.8. The third kappa shape index (κ3) is 10.0. The molecule has 0 spiro atoms. The van der Waals surface area contributed by atoms with Crippen LogP contribution in [0.3, 0.4) is 0 Å². The van der Waals surface area contributed by atoms with E-state index in [1.54, 1.807) is 12.3 Å². The molecule has 0 saturated carbocycles. The Morgan fingerprint density at radius 3 is 2.27 bits per heavy atom. The summed E-state index contributed by atoms with van der Waals surface area (Å²) < 4.78 is 0. The zero-order valence-electron chi connectivity index (χ0n) is 27.6. The first-order valence-corrected chi connectivity index (χ1v) is 17.1. The number of amides is 4. The van der Waals surface area contributed by atoms with Crippen molar-refractivity contribution in [1.82, 2.24) is 26.1 Å². The lowest BCUT2D eigenvalue weighted by atomic mass is 9.84. The average molecular weight is 650 g/mol. The predicted molar refractivity (Wildman–Crippen MR) is 190 cm³/mol. The lowest BCUT2D eigenvalue weighted by Crippen LogP contribution is -2.48. The molecular formula is C38H47N7O3. The van der Waals surface area contributed by atoms with Crippen LogP contribution in [0.2, 0.25) is 0 Å². The Morgan fingerprint density at radius 1 is 0.875 bits per heavy atom. The van der Waals surface area contributed by atoms with Gasteiger partial charge in [0, 0.05) is 42.9 Å². The maximum atomic E-state index is 14.2. The van der Waals surface area contributed by atoms with E-state index in [1.165, 1.54) is 0 Å². The van der Waals surface area contributed by atoms with E-state index in [9.17, 15) is 14.4 Å². The highest BCUT2D eigenvalue weighted by atomic mass is 16.2. The third-order valence-electron chi connectivity index (χ3n) is 8.94. The summed E-state index contributed by atoms with van der Waals surface area (Å²) in [5.41, 5.74) is 3.75. The Balaban J connectivity index is 1.23. The zero-order chi connectivity index (χ0) is 33.6. The van der Waals surface area contributed by atoms with Crippen LogP contribution in [-0.4, -0.2) is 53.2 Å². The molecule has 3 atom stereocenters. The van der Waals surface area contributed by atoms with Crippen LogP contribution in [0.25, 0.3) is 0 Å². The number of urea groups is 1. The monoisotopic (exact) mass is 649 g/mol. The maximum absolute atomic E-state index is 14.2. The second-order valence-corrected chi connectivity index (χ2v) is 12.5. The Kier molecular flexibility index (Phi) is 12.8. The summed E-state index contributed by atoms with van der Waals surface area (Å²) in [5.74, 6) is 0.208. The lowest BCUT2D eigenvalue weighted by molar-refractivity contribution is -0.126. The number of H-pyrrole nitrogens is 1. The molecule has 2 heterocycles. The molecule has 252 valence electrons. The lowest BCUT2D eigenvalue weighted by Gasteiger charge is -2.29. The van der Waals surface area contributed by atoms with Crippen LogP contribution in [0.4, 0.5) is 16.3 Å². The molecule has 0 aliphatic carbocycles. The van der Waals surface area contributed by atoms with Gasteiger partial charge in [0.15, 0.2) is 5.82 Å². The standard InChI is InChI=1S/C38H47N7O3/c1-2-12-34(46)44-36(35(29-15-5-3-6-16-29)30-17-7-4-8-18-30)37(47)42-32-20-10-9-14-28(32)22-21-27-13-11-19-31(39-25-27)26-40-38(48)43-33-23-24-41-45-33/h3-10,14-18,20,23-24,27,31,35-36,39H,2,11-13,19,21-22,25-26H2,1H3,(H,42,47)(H,44,46)(H3,40,41,43,45,48)/t27-,31+,36?/m1/s1. The zero-order valence-corrected chi connectivity index (χ0v) is 27.6. The maximum Gasteiger partial charge on any atom is 0.320 e. The summed E-state index contributed by atoms with van der Waals surface area (Å²) in [5, 5.41) is 22.2. The summed E-state index contributed by atoms with van der Waals surface area (Å²) in [4.78, 5) is 39.4. The summed E-state index contributed by atoms with van der Waals surface area (Å²) in [6.45, 7) is 3.37. The van der Waals surface area contributed by atoms with Gasteiger partial charge < -0.3 is 21.3 Å². The van der Waals surface area contributed by atoms with Crippen LogP contribution in [-0.2, 0) is 16.0 Å². The van der Waals surface area contributed by atoms with Gasteiger partial charge in [0.05, 0.1) is 0 Å². The van der Waals surface area contributed by atoms with Crippen molar-refractivity contribution in [3.63, 3.8) is 0 Å². The first-order chi connectivity index (χ1) is 23.5. The molecule has 0 radical (unpaired) electrons. The fraction of sp³-hybridized carbons (Fsp3) is 0.368. The highest BCUT2D eigenvalue weighted by Gasteiger charge is 2.33. The molecule has 4 amide bonds. The quantitative estimate of drug-likeness (QED) is 0.0998.